The van der Waals surface area contributed by atoms with Crippen LogP contribution in [0.1, 0.15) is 83.5 Å². The molecule has 2 heterocycles. The molecule has 4 fully saturated rings. The van der Waals surface area contributed by atoms with Gasteiger partial charge in [-0.3, -0.25) is 4.79 Å². The standard InChI is InChI=1S/C23H40N2O2/c24-23(26)19-10-12-25(13-11-19)16-21-8-7-20-15-18(6-9-22(20)27-21)14-17-4-2-1-3-5-17/h17-22H,1-16H2,(H2,24,26). The van der Waals surface area contributed by atoms with Crippen LogP contribution in [0.2, 0.25) is 0 Å². The second kappa shape index (κ2) is 9.26. The maximum absolute atomic E-state index is 11.3. The Morgan fingerprint density at radius 3 is 2.41 bits per heavy atom. The smallest absolute Gasteiger partial charge is 0.220 e. The predicted octanol–water partition coefficient (Wildman–Crippen LogP) is 4.12. The number of hydrogen-bond donors (Lipinski definition) is 1. The van der Waals surface area contributed by atoms with Crippen molar-refractivity contribution in [1.82, 2.24) is 4.90 Å². The van der Waals surface area contributed by atoms with Crippen LogP contribution in [0.3, 0.4) is 0 Å². The molecule has 0 aromatic rings. The van der Waals surface area contributed by atoms with Crippen molar-refractivity contribution in [2.75, 3.05) is 19.6 Å². The minimum Gasteiger partial charge on any atom is -0.373 e. The highest BCUT2D eigenvalue weighted by Crippen LogP contribution is 2.42. The normalized spacial score (nSPS) is 37.0. The first kappa shape index (κ1) is 19.7. The minimum absolute atomic E-state index is 0.0948. The third-order valence-corrected chi connectivity index (χ3v) is 8.09. The van der Waals surface area contributed by atoms with Crippen molar-refractivity contribution in [1.29, 1.82) is 0 Å². The zero-order chi connectivity index (χ0) is 18.6. The van der Waals surface area contributed by atoms with Crippen LogP contribution < -0.4 is 5.73 Å². The van der Waals surface area contributed by atoms with Gasteiger partial charge >= 0.3 is 0 Å². The Kier molecular flexibility index (Phi) is 6.75. The fourth-order valence-corrected chi connectivity index (χ4v) is 6.46. The van der Waals surface area contributed by atoms with Gasteiger partial charge < -0.3 is 15.4 Å². The third-order valence-electron chi connectivity index (χ3n) is 8.09. The minimum atomic E-state index is -0.114. The number of fused-ring (bicyclic) bond motifs is 1. The quantitative estimate of drug-likeness (QED) is 0.785. The molecular weight excluding hydrogens is 336 g/mol. The first-order valence-corrected chi connectivity index (χ1v) is 11.8. The van der Waals surface area contributed by atoms with Crippen LogP contribution in [0.5, 0.6) is 0 Å². The Balaban J connectivity index is 1.18. The van der Waals surface area contributed by atoms with Crippen molar-refractivity contribution in [3.63, 3.8) is 0 Å². The van der Waals surface area contributed by atoms with Crippen molar-refractivity contribution >= 4 is 5.91 Å². The molecule has 4 heteroatoms. The lowest BCUT2D eigenvalue weighted by atomic mass is 9.71. The van der Waals surface area contributed by atoms with E-state index in [0.717, 1.165) is 50.2 Å². The molecule has 27 heavy (non-hydrogen) atoms. The molecule has 154 valence electrons. The monoisotopic (exact) mass is 376 g/mol. The van der Waals surface area contributed by atoms with E-state index < -0.39 is 0 Å². The van der Waals surface area contributed by atoms with Crippen LogP contribution in [-0.2, 0) is 9.53 Å². The first-order chi connectivity index (χ1) is 13.2. The van der Waals surface area contributed by atoms with E-state index in [-0.39, 0.29) is 11.8 Å². The average molecular weight is 377 g/mol. The number of ether oxygens (including phenoxy) is 1. The van der Waals surface area contributed by atoms with Crippen LogP contribution in [-0.4, -0.2) is 42.6 Å². The Morgan fingerprint density at radius 1 is 0.889 bits per heavy atom. The molecular formula is C23H40N2O2. The number of hydrogen-bond acceptors (Lipinski definition) is 3. The van der Waals surface area contributed by atoms with E-state index in [1.165, 1.54) is 70.6 Å². The fourth-order valence-electron chi connectivity index (χ4n) is 6.46. The molecule has 2 saturated heterocycles. The Labute approximate surface area is 165 Å². The highest BCUT2D eigenvalue weighted by Gasteiger charge is 2.37. The molecule has 0 radical (unpaired) electrons. The molecule has 0 aromatic carbocycles. The van der Waals surface area contributed by atoms with Crippen molar-refractivity contribution in [3.05, 3.63) is 0 Å². The lowest BCUT2D eigenvalue weighted by molar-refractivity contribution is -0.125. The summed E-state index contributed by atoms with van der Waals surface area (Å²) >= 11 is 0. The molecule has 2 N–H and O–H groups in total. The molecule has 0 bridgehead atoms. The summed E-state index contributed by atoms with van der Waals surface area (Å²) < 4.78 is 6.57. The van der Waals surface area contributed by atoms with Gasteiger partial charge in [0.25, 0.3) is 0 Å². The van der Waals surface area contributed by atoms with Gasteiger partial charge in [0.15, 0.2) is 0 Å². The van der Waals surface area contributed by atoms with Gasteiger partial charge in [-0.15, -0.1) is 0 Å². The fraction of sp³-hybridized carbons (Fsp3) is 0.957. The van der Waals surface area contributed by atoms with E-state index in [4.69, 9.17) is 10.5 Å². The summed E-state index contributed by atoms with van der Waals surface area (Å²) in [7, 11) is 0. The summed E-state index contributed by atoms with van der Waals surface area (Å²) in [6.07, 6.45) is 18.4. The van der Waals surface area contributed by atoms with Crippen molar-refractivity contribution in [3.8, 4) is 0 Å². The maximum atomic E-state index is 11.3. The number of carbonyl (C=O) groups excluding carboxylic acids is 1. The largest absolute Gasteiger partial charge is 0.373 e. The maximum Gasteiger partial charge on any atom is 0.220 e. The summed E-state index contributed by atoms with van der Waals surface area (Å²) in [6.45, 7) is 3.07. The van der Waals surface area contributed by atoms with Crippen molar-refractivity contribution in [2.24, 2.45) is 29.4 Å². The lowest BCUT2D eigenvalue weighted by Gasteiger charge is -2.44. The summed E-state index contributed by atoms with van der Waals surface area (Å²) in [5.41, 5.74) is 5.46. The van der Waals surface area contributed by atoms with Gasteiger partial charge in [-0.1, -0.05) is 32.1 Å². The Bertz CT molecular complexity index is 483. The molecule has 4 aliphatic rings. The summed E-state index contributed by atoms with van der Waals surface area (Å²) in [4.78, 5) is 13.8. The van der Waals surface area contributed by atoms with E-state index in [1.807, 2.05) is 0 Å². The van der Waals surface area contributed by atoms with Crippen molar-refractivity contribution in [2.45, 2.75) is 95.7 Å². The van der Waals surface area contributed by atoms with Crippen molar-refractivity contribution < 1.29 is 9.53 Å². The summed E-state index contributed by atoms with van der Waals surface area (Å²) in [5, 5.41) is 0. The van der Waals surface area contributed by atoms with Gasteiger partial charge in [0.2, 0.25) is 5.91 Å². The molecule has 4 rings (SSSR count). The number of rotatable bonds is 5. The van der Waals surface area contributed by atoms with Crippen LogP contribution >= 0.6 is 0 Å². The molecule has 2 saturated carbocycles. The predicted molar refractivity (Wildman–Crippen MR) is 108 cm³/mol. The van der Waals surface area contributed by atoms with E-state index in [0.29, 0.717) is 12.2 Å². The number of nitrogens with two attached hydrogens (primary N) is 1. The molecule has 1 amide bonds. The molecule has 4 nitrogen and oxygen atoms in total. The average Bonchev–Trinajstić information content (AvgIpc) is 2.69. The van der Waals surface area contributed by atoms with E-state index >= 15 is 0 Å². The van der Waals surface area contributed by atoms with Gasteiger partial charge in [-0.05, 0) is 82.2 Å². The molecule has 4 atom stereocenters. The third kappa shape index (κ3) is 5.26. The SMILES string of the molecule is NC(=O)C1CCN(CC2CCC3CC(CC4CCCCC4)CCC3O2)CC1. The Hall–Kier alpha value is -0.610. The van der Waals surface area contributed by atoms with Gasteiger partial charge in [0.1, 0.15) is 0 Å². The number of carbonyl (C=O) groups is 1. The number of primary amides is 1. The van der Waals surface area contributed by atoms with Crippen LogP contribution in [0.4, 0.5) is 0 Å². The topological polar surface area (TPSA) is 55.6 Å². The zero-order valence-electron chi connectivity index (χ0n) is 17.1. The number of piperidine rings is 1. The summed E-state index contributed by atoms with van der Waals surface area (Å²) in [6, 6.07) is 0. The van der Waals surface area contributed by atoms with Crippen LogP contribution in [0.25, 0.3) is 0 Å². The highest BCUT2D eigenvalue weighted by atomic mass is 16.5. The van der Waals surface area contributed by atoms with Crippen LogP contribution in [0, 0.1) is 23.7 Å². The van der Waals surface area contributed by atoms with E-state index in [1.54, 1.807) is 0 Å². The molecule has 2 aliphatic carbocycles. The highest BCUT2D eigenvalue weighted by molar-refractivity contribution is 5.76. The van der Waals surface area contributed by atoms with E-state index in [2.05, 4.69) is 4.90 Å². The van der Waals surface area contributed by atoms with Gasteiger partial charge in [-0.25, -0.2) is 0 Å². The second-order valence-electron chi connectivity index (χ2n) is 10.0. The Morgan fingerprint density at radius 2 is 1.67 bits per heavy atom. The van der Waals surface area contributed by atoms with E-state index in [9.17, 15) is 4.79 Å². The second-order valence-corrected chi connectivity index (χ2v) is 10.0. The number of amides is 1. The lowest BCUT2D eigenvalue weighted by Crippen LogP contribution is -2.46. The summed E-state index contributed by atoms with van der Waals surface area (Å²) in [5.74, 6) is 2.81. The molecule has 0 aromatic heterocycles. The van der Waals surface area contributed by atoms with Gasteiger partial charge in [0, 0.05) is 12.5 Å². The van der Waals surface area contributed by atoms with Gasteiger partial charge in [-0.2, -0.15) is 0 Å². The number of likely N-dealkylation sites (tertiary alicyclic amines) is 1. The molecule has 0 spiro atoms. The zero-order valence-corrected chi connectivity index (χ0v) is 17.1. The molecule has 2 aliphatic heterocycles. The molecule has 4 unspecified atom stereocenters. The first-order valence-electron chi connectivity index (χ1n) is 11.8. The number of nitrogens with zero attached hydrogens (tertiary/aromatic N) is 1. The van der Waals surface area contributed by atoms with Gasteiger partial charge in [0.05, 0.1) is 12.2 Å². The van der Waals surface area contributed by atoms with Crippen LogP contribution in [0.15, 0.2) is 0 Å².